The van der Waals surface area contributed by atoms with Crippen molar-refractivity contribution in [3.8, 4) is 11.5 Å². The minimum atomic E-state index is -0.349. The highest BCUT2D eigenvalue weighted by atomic mass is 16.6. The zero-order valence-electron chi connectivity index (χ0n) is 18.6. The first kappa shape index (κ1) is 22.7. The van der Waals surface area contributed by atoms with Gasteiger partial charge in [0, 0.05) is 0 Å². The molecule has 2 aromatic carbocycles. The number of hydrogen-bond donors (Lipinski definition) is 0. The fourth-order valence-corrected chi connectivity index (χ4v) is 3.10. The number of ether oxygens (including phenoxy) is 2. The third kappa shape index (κ3) is 7.08. The van der Waals surface area contributed by atoms with Crippen LogP contribution in [-0.2, 0) is 11.2 Å². The number of carbonyl (C=O) groups is 1. The van der Waals surface area contributed by atoms with E-state index in [1.165, 1.54) is 5.56 Å². The van der Waals surface area contributed by atoms with E-state index in [0.717, 1.165) is 24.0 Å². The van der Waals surface area contributed by atoms with Crippen molar-refractivity contribution >= 4 is 12.0 Å². The summed E-state index contributed by atoms with van der Waals surface area (Å²) in [5.41, 5.74) is 3.26. The van der Waals surface area contributed by atoms with Crippen LogP contribution in [0.5, 0.6) is 11.5 Å². The van der Waals surface area contributed by atoms with Crippen LogP contribution in [0.4, 0.5) is 0 Å². The van der Waals surface area contributed by atoms with E-state index in [0.29, 0.717) is 23.3 Å². The van der Waals surface area contributed by atoms with Crippen molar-refractivity contribution in [1.29, 1.82) is 0 Å². The highest BCUT2D eigenvalue weighted by Crippen LogP contribution is 2.30. The van der Waals surface area contributed by atoms with Crippen LogP contribution in [0, 0.1) is 11.8 Å². The van der Waals surface area contributed by atoms with Gasteiger partial charge in [0.05, 0.1) is 13.0 Å². The summed E-state index contributed by atoms with van der Waals surface area (Å²) in [7, 11) is 1.59. The van der Waals surface area contributed by atoms with Crippen molar-refractivity contribution in [3.05, 3.63) is 65.2 Å². The van der Waals surface area contributed by atoms with Crippen LogP contribution in [-0.4, -0.2) is 13.1 Å². The molecule has 156 valence electrons. The third-order valence-electron chi connectivity index (χ3n) is 4.79. The molecule has 29 heavy (non-hydrogen) atoms. The van der Waals surface area contributed by atoms with Gasteiger partial charge in [0.1, 0.15) is 0 Å². The molecule has 1 unspecified atom stereocenters. The molecule has 2 rings (SSSR count). The fourth-order valence-electron chi connectivity index (χ4n) is 3.10. The predicted octanol–water partition coefficient (Wildman–Crippen LogP) is 6.66. The molecule has 0 N–H and O–H groups in total. The Hall–Kier alpha value is -2.55. The first-order valence-corrected chi connectivity index (χ1v) is 10.4. The molecule has 0 fully saturated rings. The van der Waals surface area contributed by atoms with Gasteiger partial charge in [-0.1, -0.05) is 70.2 Å². The van der Waals surface area contributed by atoms with E-state index in [9.17, 15) is 4.79 Å². The van der Waals surface area contributed by atoms with E-state index in [-0.39, 0.29) is 11.9 Å². The Morgan fingerprint density at radius 2 is 1.62 bits per heavy atom. The van der Waals surface area contributed by atoms with Gasteiger partial charge in [0.15, 0.2) is 11.5 Å². The molecule has 0 bridgehead atoms. The van der Waals surface area contributed by atoms with Crippen LogP contribution in [0.3, 0.4) is 0 Å². The molecule has 0 saturated heterocycles. The van der Waals surface area contributed by atoms with Crippen LogP contribution >= 0.6 is 0 Å². The minimum absolute atomic E-state index is 0.289. The molecule has 0 heterocycles. The molecule has 0 saturated carbocycles. The smallest absolute Gasteiger partial charge is 0.318 e. The lowest BCUT2D eigenvalue weighted by Gasteiger charge is -2.15. The summed E-state index contributed by atoms with van der Waals surface area (Å²) in [4.78, 5) is 12.7. The number of benzene rings is 2. The first-order valence-electron chi connectivity index (χ1n) is 10.4. The summed E-state index contributed by atoms with van der Waals surface area (Å²) >= 11 is 0. The SMILES string of the molecule is COc1cc(/C=C/CC(C)C)ccc1OC(=O)C(C)c1ccc(CC(C)C)cc1. The molecule has 0 amide bonds. The molecule has 0 aliphatic heterocycles. The largest absolute Gasteiger partial charge is 0.493 e. The van der Waals surface area contributed by atoms with Gasteiger partial charge in [-0.15, -0.1) is 0 Å². The van der Waals surface area contributed by atoms with Gasteiger partial charge in [-0.05, 0) is 60.4 Å². The van der Waals surface area contributed by atoms with Crippen LogP contribution < -0.4 is 9.47 Å². The topological polar surface area (TPSA) is 35.5 Å². The Kier molecular flexibility index (Phi) is 8.50. The molecule has 3 heteroatoms. The van der Waals surface area contributed by atoms with Crippen molar-refractivity contribution in [1.82, 2.24) is 0 Å². The van der Waals surface area contributed by atoms with Gasteiger partial charge in [-0.3, -0.25) is 4.79 Å². The number of allylic oxidation sites excluding steroid dienone is 1. The highest BCUT2D eigenvalue weighted by Gasteiger charge is 2.19. The summed E-state index contributed by atoms with van der Waals surface area (Å²) in [6.07, 6.45) is 6.27. The molecule has 0 aliphatic rings. The van der Waals surface area contributed by atoms with Crippen molar-refractivity contribution in [3.63, 3.8) is 0 Å². The summed E-state index contributed by atoms with van der Waals surface area (Å²) in [5, 5.41) is 0. The summed E-state index contributed by atoms with van der Waals surface area (Å²) in [6.45, 7) is 10.6. The van der Waals surface area contributed by atoms with E-state index in [1.807, 2.05) is 31.2 Å². The lowest BCUT2D eigenvalue weighted by Crippen LogP contribution is -2.16. The monoisotopic (exact) mass is 394 g/mol. The maximum Gasteiger partial charge on any atom is 0.318 e. The number of hydrogen-bond acceptors (Lipinski definition) is 3. The van der Waals surface area contributed by atoms with Crippen molar-refractivity contribution < 1.29 is 14.3 Å². The second-order valence-electron chi connectivity index (χ2n) is 8.42. The lowest BCUT2D eigenvalue weighted by atomic mass is 9.97. The Morgan fingerprint density at radius 1 is 0.931 bits per heavy atom. The summed E-state index contributed by atoms with van der Waals surface area (Å²) in [5.74, 6) is 1.60. The zero-order chi connectivity index (χ0) is 21.4. The maximum atomic E-state index is 12.7. The molecule has 2 aromatic rings. The lowest BCUT2D eigenvalue weighted by molar-refractivity contribution is -0.135. The van der Waals surface area contributed by atoms with Crippen molar-refractivity contribution in [2.45, 2.75) is 53.4 Å². The standard InChI is InChI=1S/C26H34O3/c1-18(2)8-7-9-21-12-15-24(25(17-21)28-6)29-26(27)20(5)23-13-10-22(11-14-23)16-19(3)4/h7,9-15,17-20H,8,16H2,1-6H3/b9-7+. The molecule has 0 aromatic heterocycles. The van der Waals surface area contributed by atoms with Crippen LogP contribution in [0.1, 0.15) is 63.6 Å². The average Bonchev–Trinajstić information content (AvgIpc) is 2.68. The number of rotatable bonds is 9. The molecule has 0 radical (unpaired) electrons. The van der Waals surface area contributed by atoms with Gasteiger partial charge in [0.25, 0.3) is 0 Å². The molecular weight excluding hydrogens is 360 g/mol. The van der Waals surface area contributed by atoms with Crippen molar-refractivity contribution in [2.24, 2.45) is 11.8 Å². The molecular formula is C26H34O3. The molecule has 0 spiro atoms. The average molecular weight is 395 g/mol. The van der Waals surface area contributed by atoms with E-state index in [1.54, 1.807) is 13.2 Å². The fraction of sp³-hybridized carbons (Fsp3) is 0.423. The normalized spacial score (nSPS) is 12.6. The minimum Gasteiger partial charge on any atom is -0.493 e. The van der Waals surface area contributed by atoms with E-state index >= 15 is 0 Å². The van der Waals surface area contributed by atoms with E-state index < -0.39 is 0 Å². The Bertz CT molecular complexity index is 816. The third-order valence-corrected chi connectivity index (χ3v) is 4.79. The number of methoxy groups -OCH3 is 1. The van der Waals surface area contributed by atoms with Gasteiger partial charge in [-0.2, -0.15) is 0 Å². The second-order valence-corrected chi connectivity index (χ2v) is 8.42. The zero-order valence-corrected chi connectivity index (χ0v) is 18.6. The summed E-state index contributed by atoms with van der Waals surface area (Å²) in [6, 6.07) is 13.9. The highest BCUT2D eigenvalue weighted by molar-refractivity contribution is 5.80. The molecule has 1 atom stereocenters. The summed E-state index contributed by atoms with van der Waals surface area (Å²) < 4.78 is 11.1. The van der Waals surface area contributed by atoms with E-state index in [4.69, 9.17) is 9.47 Å². The Labute approximate surface area is 175 Å². The van der Waals surface area contributed by atoms with Gasteiger partial charge < -0.3 is 9.47 Å². The van der Waals surface area contributed by atoms with Crippen LogP contribution in [0.15, 0.2) is 48.5 Å². The van der Waals surface area contributed by atoms with Gasteiger partial charge in [0.2, 0.25) is 0 Å². The number of carbonyl (C=O) groups excluding carboxylic acids is 1. The van der Waals surface area contributed by atoms with Gasteiger partial charge >= 0.3 is 5.97 Å². The quantitative estimate of drug-likeness (QED) is 0.352. The van der Waals surface area contributed by atoms with Crippen molar-refractivity contribution in [2.75, 3.05) is 7.11 Å². The van der Waals surface area contributed by atoms with Gasteiger partial charge in [-0.25, -0.2) is 0 Å². The first-order chi connectivity index (χ1) is 13.8. The Balaban J connectivity index is 2.07. The molecule has 3 nitrogen and oxygen atoms in total. The molecule has 0 aliphatic carbocycles. The Morgan fingerprint density at radius 3 is 2.21 bits per heavy atom. The van der Waals surface area contributed by atoms with Crippen LogP contribution in [0.25, 0.3) is 6.08 Å². The van der Waals surface area contributed by atoms with Crippen LogP contribution in [0.2, 0.25) is 0 Å². The van der Waals surface area contributed by atoms with E-state index in [2.05, 4.69) is 52.0 Å². The second kappa shape index (κ2) is 10.8. The maximum absolute atomic E-state index is 12.7. The predicted molar refractivity (Wildman–Crippen MR) is 121 cm³/mol. The number of esters is 1.